The van der Waals surface area contributed by atoms with Gasteiger partial charge in [0.2, 0.25) is 0 Å². The Kier molecular flexibility index (Phi) is 22.7. The van der Waals surface area contributed by atoms with Crippen LogP contribution in [-0.2, 0) is 4.74 Å². The van der Waals surface area contributed by atoms with Crippen LogP contribution in [0.15, 0.2) is 24.3 Å². The SMILES string of the molecule is CCCCCCCCCCCCCCNC(=O)NC(CCCCCCCCC)OCNc1ccc(O)cc1. The fourth-order valence-corrected chi connectivity index (χ4v) is 4.65. The first-order chi connectivity index (χ1) is 18.7. The fraction of sp³-hybridized carbons (Fsp3) is 0.781. The van der Waals surface area contributed by atoms with Crippen molar-refractivity contribution in [2.45, 2.75) is 148 Å². The van der Waals surface area contributed by atoms with E-state index >= 15 is 0 Å². The molecule has 2 amide bonds. The van der Waals surface area contributed by atoms with Gasteiger partial charge in [-0.1, -0.05) is 123 Å². The fourth-order valence-electron chi connectivity index (χ4n) is 4.65. The van der Waals surface area contributed by atoms with Crippen molar-refractivity contribution in [2.75, 3.05) is 18.6 Å². The lowest BCUT2D eigenvalue weighted by molar-refractivity contribution is 0.0414. The second kappa shape index (κ2) is 25.3. The summed E-state index contributed by atoms with van der Waals surface area (Å²) in [6.45, 7) is 5.51. The molecule has 1 aromatic rings. The molecule has 1 rings (SSSR count). The summed E-state index contributed by atoms with van der Waals surface area (Å²) in [5.74, 6) is 0.236. The van der Waals surface area contributed by atoms with Gasteiger partial charge in [0.25, 0.3) is 0 Å². The highest BCUT2D eigenvalue weighted by Gasteiger charge is 2.12. The zero-order chi connectivity index (χ0) is 27.5. The number of ether oxygens (including phenoxy) is 1. The average Bonchev–Trinajstić information content (AvgIpc) is 2.91. The molecule has 6 heteroatoms. The number of hydrogen-bond acceptors (Lipinski definition) is 4. The second-order valence-corrected chi connectivity index (χ2v) is 10.7. The number of nitrogens with one attached hydrogen (secondary N) is 3. The van der Waals surface area contributed by atoms with Gasteiger partial charge in [-0.3, -0.25) is 0 Å². The van der Waals surface area contributed by atoms with E-state index in [1.807, 2.05) is 0 Å². The summed E-state index contributed by atoms with van der Waals surface area (Å²) in [5.41, 5.74) is 0.869. The quantitative estimate of drug-likeness (QED) is 0.0543. The molecule has 0 fully saturated rings. The van der Waals surface area contributed by atoms with Gasteiger partial charge in [0.1, 0.15) is 18.7 Å². The molecule has 0 saturated heterocycles. The van der Waals surface area contributed by atoms with E-state index in [9.17, 15) is 9.90 Å². The number of phenolic OH excluding ortho intramolecular Hbond substituents is 1. The molecule has 0 aliphatic heterocycles. The zero-order valence-electron chi connectivity index (χ0n) is 24.7. The van der Waals surface area contributed by atoms with E-state index in [0.29, 0.717) is 13.3 Å². The van der Waals surface area contributed by atoms with Gasteiger partial charge < -0.3 is 25.8 Å². The maximum atomic E-state index is 12.5. The third kappa shape index (κ3) is 21.0. The van der Waals surface area contributed by atoms with Crippen molar-refractivity contribution in [3.05, 3.63) is 24.3 Å². The number of carbonyl (C=O) groups excluding carboxylic acids is 1. The number of phenols is 1. The largest absolute Gasteiger partial charge is 0.508 e. The van der Waals surface area contributed by atoms with Crippen LogP contribution in [0.2, 0.25) is 0 Å². The number of carbonyl (C=O) groups is 1. The topological polar surface area (TPSA) is 82.6 Å². The maximum Gasteiger partial charge on any atom is 0.316 e. The average molecular weight is 534 g/mol. The number of unbranched alkanes of at least 4 members (excludes halogenated alkanes) is 17. The summed E-state index contributed by atoms with van der Waals surface area (Å²) in [4.78, 5) is 12.5. The van der Waals surface area contributed by atoms with E-state index in [-0.39, 0.29) is 18.0 Å². The van der Waals surface area contributed by atoms with Gasteiger partial charge >= 0.3 is 6.03 Å². The first-order valence-electron chi connectivity index (χ1n) is 15.8. The number of amides is 2. The molecule has 0 heterocycles. The van der Waals surface area contributed by atoms with Gasteiger partial charge in [0.05, 0.1) is 0 Å². The van der Waals surface area contributed by atoms with Crippen LogP contribution in [0.1, 0.15) is 142 Å². The number of hydrogen-bond donors (Lipinski definition) is 4. The van der Waals surface area contributed by atoms with Crippen LogP contribution in [0.3, 0.4) is 0 Å². The van der Waals surface area contributed by atoms with Crippen LogP contribution < -0.4 is 16.0 Å². The molecule has 0 spiro atoms. The Bertz CT molecular complexity index is 654. The Hall–Kier alpha value is -1.95. The molecule has 1 unspecified atom stereocenters. The molecule has 38 heavy (non-hydrogen) atoms. The van der Waals surface area contributed by atoms with Crippen LogP contribution in [-0.4, -0.2) is 30.6 Å². The van der Waals surface area contributed by atoms with Crippen molar-refractivity contribution in [1.82, 2.24) is 10.6 Å². The van der Waals surface area contributed by atoms with Crippen LogP contribution in [0.5, 0.6) is 5.75 Å². The summed E-state index contributed by atoms with van der Waals surface area (Å²) >= 11 is 0. The number of benzene rings is 1. The van der Waals surface area contributed by atoms with Crippen molar-refractivity contribution < 1.29 is 14.6 Å². The van der Waals surface area contributed by atoms with Gasteiger partial charge in [-0.2, -0.15) is 0 Å². The van der Waals surface area contributed by atoms with E-state index in [4.69, 9.17) is 4.74 Å². The number of anilines is 1. The van der Waals surface area contributed by atoms with E-state index in [0.717, 1.165) is 31.4 Å². The molecule has 0 aromatic heterocycles. The van der Waals surface area contributed by atoms with Gasteiger partial charge in [-0.15, -0.1) is 0 Å². The summed E-state index contributed by atoms with van der Waals surface area (Å²) in [7, 11) is 0. The minimum absolute atomic E-state index is 0.148. The van der Waals surface area contributed by atoms with Gasteiger partial charge in [-0.05, 0) is 43.5 Å². The van der Waals surface area contributed by atoms with Crippen molar-refractivity contribution in [2.24, 2.45) is 0 Å². The Morgan fingerprint density at radius 2 is 1.18 bits per heavy atom. The highest BCUT2D eigenvalue weighted by Crippen LogP contribution is 2.15. The molecule has 4 N–H and O–H groups in total. The third-order valence-electron chi connectivity index (χ3n) is 7.11. The lowest BCUT2D eigenvalue weighted by atomic mass is 10.1. The highest BCUT2D eigenvalue weighted by atomic mass is 16.5. The number of aromatic hydroxyl groups is 1. The summed E-state index contributed by atoms with van der Waals surface area (Å²) < 4.78 is 5.97. The third-order valence-corrected chi connectivity index (χ3v) is 7.11. The first-order valence-corrected chi connectivity index (χ1v) is 15.8. The molecule has 220 valence electrons. The number of rotatable bonds is 26. The summed E-state index contributed by atoms with van der Waals surface area (Å²) in [5, 5.41) is 18.7. The van der Waals surface area contributed by atoms with Gasteiger partial charge in [-0.25, -0.2) is 4.79 Å². The zero-order valence-corrected chi connectivity index (χ0v) is 24.7. The minimum atomic E-state index is -0.322. The van der Waals surface area contributed by atoms with Crippen LogP contribution in [0.4, 0.5) is 10.5 Å². The van der Waals surface area contributed by atoms with E-state index in [1.54, 1.807) is 24.3 Å². The Balaban J connectivity index is 2.17. The Morgan fingerprint density at radius 1 is 0.711 bits per heavy atom. The van der Waals surface area contributed by atoms with Crippen molar-refractivity contribution in [1.29, 1.82) is 0 Å². The lowest BCUT2D eigenvalue weighted by Gasteiger charge is -2.20. The molecule has 1 atom stereocenters. The normalized spacial score (nSPS) is 11.8. The second-order valence-electron chi connectivity index (χ2n) is 10.7. The highest BCUT2D eigenvalue weighted by molar-refractivity contribution is 5.73. The first kappa shape index (κ1) is 34.1. The molecule has 6 nitrogen and oxygen atoms in total. The van der Waals surface area contributed by atoms with Crippen LogP contribution in [0, 0.1) is 0 Å². The van der Waals surface area contributed by atoms with Crippen LogP contribution in [0.25, 0.3) is 0 Å². The number of urea groups is 1. The van der Waals surface area contributed by atoms with Gasteiger partial charge in [0.15, 0.2) is 0 Å². The molecule has 1 aromatic carbocycles. The van der Waals surface area contributed by atoms with Crippen LogP contribution >= 0.6 is 0 Å². The van der Waals surface area contributed by atoms with Crippen molar-refractivity contribution in [3.8, 4) is 5.75 Å². The summed E-state index contributed by atoms with van der Waals surface area (Å²) in [6, 6.07) is 6.74. The predicted octanol–water partition coefficient (Wildman–Crippen LogP) is 9.25. The Morgan fingerprint density at radius 3 is 1.71 bits per heavy atom. The van der Waals surface area contributed by atoms with Crippen molar-refractivity contribution >= 4 is 11.7 Å². The minimum Gasteiger partial charge on any atom is -0.508 e. The maximum absolute atomic E-state index is 12.5. The molecule has 0 radical (unpaired) electrons. The Labute approximate surface area is 234 Å². The summed E-state index contributed by atoms with van der Waals surface area (Å²) in [6.07, 6.45) is 24.9. The van der Waals surface area contributed by atoms with E-state index < -0.39 is 0 Å². The molecule has 0 bridgehead atoms. The van der Waals surface area contributed by atoms with Crippen molar-refractivity contribution in [3.63, 3.8) is 0 Å². The molecule has 0 saturated carbocycles. The van der Waals surface area contributed by atoms with Gasteiger partial charge in [0, 0.05) is 12.2 Å². The molecule has 0 aliphatic carbocycles. The lowest BCUT2D eigenvalue weighted by Crippen LogP contribution is -2.44. The van der Waals surface area contributed by atoms with E-state index in [1.165, 1.54) is 103 Å². The monoisotopic (exact) mass is 533 g/mol. The standard InChI is InChI=1S/C32H59N3O3/c1-3-5-7-9-11-12-13-14-15-17-19-21-27-33-32(37)35-31(22-20-18-16-10-8-6-4-2)38-28-34-29-23-25-30(36)26-24-29/h23-26,31,34,36H,3-22,27-28H2,1-2H3,(H2,33,35,37). The molecular weight excluding hydrogens is 474 g/mol. The smallest absolute Gasteiger partial charge is 0.316 e. The predicted molar refractivity (Wildman–Crippen MR) is 162 cm³/mol. The molecule has 0 aliphatic rings. The molecular formula is C32H59N3O3. The van der Waals surface area contributed by atoms with E-state index in [2.05, 4.69) is 29.8 Å².